The zero-order chi connectivity index (χ0) is 15.0. The SMILES string of the molecule is c1ccc(C[S+](Cc2ccccc2)[AsH]c2ccccc2)cc1. The normalized spacial score (nSPS) is 11.3. The summed E-state index contributed by atoms with van der Waals surface area (Å²) in [5, 5.41) is 0. The van der Waals surface area contributed by atoms with Crippen LogP contribution in [0.5, 0.6) is 0 Å². The van der Waals surface area contributed by atoms with Gasteiger partial charge < -0.3 is 0 Å². The molecule has 0 amide bonds. The van der Waals surface area contributed by atoms with E-state index < -0.39 is 0 Å². The van der Waals surface area contributed by atoms with Crippen LogP contribution in [0.4, 0.5) is 0 Å². The van der Waals surface area contributed by atoms with Gasteiger partial charge in [0.25, 0.3) is 0 Å². The molecule has 0 saturated heterocycles. The van der Waals surface area contributed by atoms with E-state index in [9.17, 15) is 0 Å². The summed E-state index contributed by atoms with van der Waals surface area (Å²) < 4.78 is 1.57. The molecule has 3 aromatic rings. The van der Waals surface area contributed by atoms with E-state index in [1.54, 1.807) is 4.35 Å². The predicted octanol–water partition coefficient (Wildman–Crippen LogP) is 3.68. The van der Waals surface area contributed by atoms with Gasteiger partial charge in [0, 0.05) is 0 Å². The van der Waals surface area contributed by atoms with Gasteiger partial charge in [-0.25, -0.2) is 0 Å². The van der Waals surface area contributed by atoms with Crippen LogP contribution in [0, 0.1) is 0 Å². The summed E-state index contributed by atoms with van der Waals surface area (Å²) in [5.41, 5.74) is 2.95. The van der Waals surface area contributed by atoms with Crippen molar-refractivity contribution in [2.24, 2.45) is 0 Å². The Balaban J connectivity index is 1.75. The van der Waals surface area contributed by atoms with Crippen molar-refractivity contribution in [3.8, 4) is 0 Å². The van der Waals surface area contributed by atoms with Crippen molar-refractivity contribution >= 4 is 28.1 Å². The molecule has 110 valence electrons. The van der Waals surface area contributed by atoms with Crippen molar-refractivity contribution in [2.45, 2.75) is 11.5 Å². The van der Waals surface area contributed by atoms with E-state index in [0.717, 1.165) is 0 Å². The first-order valence-electron chi connectivity index (χ1n) is 7.47. The number of hydrogen-bond donors (Lipinski definition) is 0. The van der Waals surface area contributed by atoms with Crippen molar-refractivity contribution in [3.63, 3.8) is 0 Å². The van der Waals surface area contributed by atoms with Crippen LogP contribution in [0.15, 0.2) is 91.0 Å². The molecule has 2 heteroatoms. The van der Waals surface area contributed by atoms with Gasteiger partial charge in [0.05, 0.1) is 0 Å². The molecule has 0 nitrogen and oxygen atoms in total. The monoisotopic (exact) mass is 367 g/mol. The molecule has 0 saturated carbocycles. The molecule has 3 aromatic carbocycles. The third-order valence-corrected chi connectivity index (χ3v) is 11.1. The van der Waals surface area contributed by atoms with E-state index in [-0.39, 0.29) is 14.6 Å². The predicted molar refractivity (Wildman–Crippen MR) is 101 cm³/mol. The molecule has 0 radical (unpaired) electrons. The molecule has 0 N–H and O–H groups in total. The van der Waals surface area contributed by atoms with Crippen LogP contribution < -0.4 is 4.35 Å². The number of hydrogen-bond acceptors (Lipinski definition) is 0. The molecule has 3 rings (SSSR count). The van der Waals surface area contributed by atoms with Crippen molar-refractivity contribution in [2.75, 3.05) is 0 Å². The van der Waals surface area contributed by atoms with Crippen LogP contribution in [0.2, 0.25) is 0 Å². The van der Waals surface area contributed by atoms with Gasteiger partial charge in [-0.05, 0) is 0 Å². The molecular formula is C20H20AsS+. The average molecular weight is 367 g/mol. The molecule has 0 aliphatic heterocycles. The summed E-state index contributed by atoms with van der Waals surface area (Å²) in [6.07, 6.45) is 0. The summed E-state index contributed by atoms with van der Waals surface area (Å²) in [6, 6.07) is 33.0. The molecule has 0 aliphatic carbocycles. The molecule has 1 atom stereocenters. The van der Waals surface area contributed by atoms with Gasteiger partial charge >= 0.3 is 142 Å². The Labute approximate surface area is 141 Å². The van der Waals surface area contributed by atoms with Crippen LogP contribution >= 0.6 is 0 Å². The fraction of sp³-hybridized carbons (Fsp3) is 0.100. The van der Waals surface area contributed by atoms with Crippen LogP contribution in [0.25, 0.3) is 0 Å². The quantitative estimate of drug-likeness (QED) is 0.461. The van der Waals surface area contributed by atoms with Crippen molar-refractivity contribution in [3.05, 3.63) is 102 Å². The Morgan fingerprint density at radius 3 is 1.41 bits per heavy atom. The third kappa shape index (κ3) is 4.80. The van der Waals surface area contributed by atoms with Gasteiger partial charge in [-0.2, -0.15) is 0 Å². The van der Waals surface area contributed by atoms with Crippen molar-refractivity contribution in [1.82, 2.24) is 0 Å². The zero-order valence-electron chi connectivity index (χ0n) is 12.5. The van der Waals surface area contributed by atoms with Gasteiger partial charge in [-0.3, -0.25) is 0 Å². The second-order valence-corrected chi connectivity index (χ2v) is 13.1. The average Bonchev–Trinajstić information content (AvgIpc) is 2.57. The topological polar surface area (TPSA) is 0 Å². The van der Waals surface area contributed by atoms with Crippen molar-refractivity contribution < 1.29 is 0 Å². The Morgan fingerprint density at radius 1 is 0.545 bits per heavy atom. The third-order valence-electron chi connectivity index (χ3n) is 3.40. The molecule has 0 aliphatic rings. The van der Waals surface area contributed by atoms with Crippen LogP contribution in [-0.2, 0) is 20.7 Å². The molecule has 0 heterocycles. The summed E-state index contributed by atoms with van der Waals surface area (Å²) in [7, 11) is 0.448. The van der Waals surface area contributed by atoms with E-state index >= 15 is 0 Å². The molecular weight excluding hydrogens is 347 g/mol. The molecule has 0 fully saturated rings. The minimum absolute atomic E-state index is 0.116. The van der Waals surface area contributed by atoms with Crippen LogP contribution in [0.3, 0.4) is 0 Å². The molecule has 22 heavy (non-hydrogen) atoms. The summed E-state index contributed by atoms with van der Waals surface area (Å²) in [6.45, 7) is 0. The van der Waals surface area contributed by atoms with Gasteiger partial charge in [0.2, 0.25) is 0 Å². The first-order valence-corrected chi connectivity index (χ1v) is 12.7. The second-order valence-electron chi connectivity index (χ2n) is 5.22. The fourth-order valence-corrected chi connectivity index (χ4v) is 10.6. The minimum atomic E-state index is -0.116. The maximum atomic E-state index is 2.30. The van der Waals surface area contributed by atoms with E-state index in [1.165, 1.54) is 22.6 Å². The first-order chi connectivity index (χ1) is 10.9. The molecule has 0 bridgehead atoms. The fourth-order valence-electron chi connectivity index (χ4n) is 2.35. The Morgan fingerprint density at radius 2 is 0.955 bits per heavy atom. The molecule has 1 unspecified atom stereocenters. The van der Waals surface area contributed by atoms with Gasteiger partial charge in [-0.1, -0.05) is 0 Å². The Bertz CT molecular complexity index is 569. The molecule has 0 aromatic heterocycles. The van der Waals surface area contributed by atoms with Crippen molar-refractivity contribution in [1.29, 1.82) is 0 Å². The van der Waals surface area contributed by atoms with Gasteiger partial charge in [-0.15, -0.1) is 0 Å². The van der Waals surface area contributed by atoms with Gasteiger partial charge in [0.15, 0.2) is 0 Å². The standard InChI is InChI=1S/C20H20AsS/c1-4-10-18(11-5-1)16-22(17-19-12-6-2-7-13-19)21-20-14-8-3-9-15-20/h1-15,21H,16-17H2/q+1. The van der Waals surface area contributed by atoms with E-state index in [0.29, 0.717) is 9.16 Å². The summed E-state index contributed by atoms with van der Waals surface area (Å²) >= 11 is -0.116. The Kier molecular flexibility index (Phi) is 5.81. The summed E-state index contributed by atoms with van der Waals surface area (Å²) in [4.78, 5) is 0. The number of benzene rings is 3. The maximum absolute atomic E-state index is 2.30. The summed E-state index contributed by atoms with van der Waals surface area (Å²) in [5.74, 6) is 2.43. The van der Waals surface area contributed by atoms with Gasteiger partial charge in [0.1, 0.15) is 0 Å². The van der Waals surface area contributed by atoms with E-state index in [2.05, 4.69) is 91.0 Å². The second kappa shape index (κ2) is 8.27. The number of rotatable bonds is 6. The Hall–Kier alpha value is -1.43. The molecule has 0 spiro atoms. The van der Waals surface area contributed by atoms with E-state index in [1.807, 2.05) is 0 Å². The zero-order valence-corrected chi connectivity index (χ0v) is 15.4. The first kappa shape index (κ1) is 15.5. The van der Waals surface area contributed by atoms with Crippen LogP contribution in [0.1, 0.15) is 11.1 Å². The van der Waals surface area contributed by atoms with Crippen LogP contribution in [-0.4, -0.2) is 14.6 Å². The van der Waals surface area contributed by atoms with E-state index in [4.69, 9.17) is 0 Å².